The third-order valence-electron chi connectivity index (χ3n) is 5.12. The maximum absolute atomic E-state index is 12.4. The molecule has 0 radical (unpaired) electrons. The molecule has 1 rings (SSSR count). The number of esters is 2. The highest BCUT2D eigenvalue weighted by Gasteiger charge is 2.37. The zero-order valence-electron chi connectivity index (χ0n) is 23.8. The molecule has 0 aliphatic heterocycles. The average Bonchev–Trinajstić information content (AvgIpc) is 2.72. The Morgan fingerprint density at radius 2 is 1.42 bits per heavy atom. The molecule has 214 valence electrons. The first-order valence-electron chi connectivity index (χ1n) is 12.8. The van der Waals surface area contributed by atoms with Crippen molar-refractivity contribution in [2.24, 2.45) is 23.0 Å². The van der Waals surface area contributed by atoms with Gasteiger partial charge in [0.15, 0.2) is 11.5 Å². The second-order valence-corrected chi connectivity index (χ2v) is 11.8. The van der Waals surface area contributed by atoms with Crippen LogP contribution in [-0.4, -0.2) is 47.4 Å². The number of ether oxygens (including phenoxy) is 4. The van der Waals surface area contributed by atoms with Crippen LogP contribution in [0.5, 0.6) is 11.5 Å². The second-order valence-electron chi connectivity index (χ2n) is 11.8. The molecular formula is C28H43NO9. The average molecular weight is 538 g/mol. The van der Waals surface area contributed by atoms with Crippen molar-refractivity contribution in [2.75, 3.05) is 6.61 Å². The van der Waals surface area contributed by atoms with Gasteiger partial charge in [-0.25, -0.2) is 4.79 Å². The zero-order valence-corrected chi connectivity index (χ0v) is 23.8. The maximum Gasteiger partial charge on any atom is 0.508 e. The number of hydrogen-bond donors (Lipinski definition) is 2. The van der Waals surface area contributed by atoms with E-state index < -0.39 is 35.7 Å². The molecule has 0 aliphatic rings. The van der Waals surface area contributed by atoms with Gasteiger partial charge in [-0.15, -0.1) is 0 Å². The lowest BCUT2D eigenvalue weighted by Crippen LogP contribution is -2.52. The molecule has 0 saturated carbocycles. The van der Waals surface area contributed by atoms with Crippen LogP contribution in [-0.2, 0) is 30.3 Å². The zero-order chi connectivity index (χ0) is 29.3. The lowest BCUT2D eigenvalue weighted by Gasteiger charge is -2.28. The van der Waals surface area contributed by atoms with Gasteiger partial charge in [-0.2, -0.15) is 0 Å². The number of carbonyl (C=O) groups excluding carboxylic acids is 3. The summed E-state index contributed by atoms with van der Waals surface area (Å²) in [5.74, 6) is -2.17. The van der Waals surface area contributed by atoms with Gasteiger partial charge in [-0.3, -0.25) is 14.4 Å². The van der Waals surface area contributed by atoms with Crippen molar-refractivity contribution < 1.29 is 43.2 Å². The van der Waals surface area contributed by atoms with Crippen molar-refractivity contribution in [3.8, 4) is 11.5 Å². The van der Waals surface area contributed by atoms with Gasteiger partial charge in [0.1, 0.15) is 11.6 Å². The third-order valence-corrected chi connectivity index (χ3v) is 5.12. The summed E-state index contributed by atoms with van der Waals surface area (Å²) in [4.78, 5) is 48.8. The number of nitrogens with two attached hydrogens (primary N) is 1. The van der Waals surface area contributed by atoms with Gasteiger partial charge in [-0.1, -0.05) is 54.5 Å². The van der Waals surface area contributed by atoms with Crippen LogP contribution in [0.25, 0.3) is 0 Å². The number of carboxylic acids is 1. The molecule has 1 aromatic carbocycles. The topological polar surface area (TPSA) is 151 Å². The fourth-order valence-corrected chi connectivity index (χ4v) is 3.45. The molecule has 1 unspecified atom stereocenters. The Morgan fingerprint density at radius 3 is 1.89 bits per heavy atom. The molecular weight excluding hydrogens is 494 g/mol. The van der Waals surface area contributed by atoms with E-state index in [2.05, 4.69) is 0 Å². The van der Waals surface area contributed by atoms with E-state index in [1.807, 2.05) is 48.5 Å². The van der Waals surface area contributed by atoms with Gasteiger partial charge in [-0.05, 0) is 41.9 Å². The van der Waals surface area contributed by atoms with E-state index in [9.17, 15) is 24.3 Å². The normalized spacial score (nSPS) is 14.0. The van der Waals surface area contributed by atoms with Crippen molar-refractivity contribution in [3.63, 3.8) is 0 Å². The molecule has 0 aromatic heterocycles. The molecule has 0 saturated heterocycles. The molecule has 0 aliphatic carbocycles. The van der Waals surface area contributed by atoms with Crippen LogP contribution in [0.4, 0.5) is 4.79 Å². The standard InChI is InChI=1S/C28H43NO9/c1-17(2)11-23(30)37-21-10-9-20(13-22(21)38-24(31)12-18(3)4)15-28(29,25(32)33)14-19(5)36-26(34)35-16-27(6,7)8/h9-10,13,17-19H,11-12,14-16,29H2,1-8H3,(H,32,33)/t19-,28?/m0/s1. The third kappa shape index (κ3) is 12.4. The van der Waals surface area contributed by atoms with Crippen molar-refractivity contribution in [1.29, 1.82) is 0 Å². The van der Waals surface area contributed by atoms with Crippen LogP contribution >= 0.6 is 0 Å². The summed E-state index contributed by atoms with van der Waals surface area (Å²) in [7, 11) is 0. The predicted molar refractivity (Wildman–Crippen MR) is 141 cm³/mol. The minimum atomic E-state index is -1.82. The Bertz CT molecular complexity index is 981. The van der Waals surface area contributed by atoms with Crippen molar-refractivity contribution in [3.05, 3.63) is 23.8 Å². The van der Waals surface area contributed by atoms with E-state index >= 15 is 0 Å². The van der Waals surface area contributed by atoms with Crippen LogP contribution in [0.1, 0.15) is 80.2 Å². The molecule has 0 fully saturated rings. The minimum Gasteiger partial charge on any atom is -0.480 e. The Labute approximate surface area is 225 Å². The molecule has 10 heteroatoms. The Balaban J connectivity index is 3.12. The van der Waals surface area contributed by atoms with Crippen molar-refractivity contribution in [1.82, 2.24) is 0 Å². The van der Waals surface area contributed by atoms with Crippen LogP contribution in [0, 0.1) is 17.3 Å². The maximum atomic E-state index is 12.4. The van der Waals surface area contributed by atoms with Crippen LogP contribution in [0.3, 0.4) is 0 Å². The minimum absolute atomic E-state index is 0.00643. The Kier molecular flexibility index (Phi) is 12.2. The molecule has 0 spiro atoms. The molecule has 2 atom stereocenters. The number of carbonyl (C=O) groups is 4. The number of carboxylic acid groups (broad SMARTS) is 1. The summed E-state index contributed by atoms with van der Waals surface area (Å²) in [5, 5.41) is 9.91. The highest BCUT2D eigenvalue weighted by molar-refractivity contribution is 5.79. The summed E-state index contributed by atoms with van der Waals surface area (Å²) in [6.07, 6.45) is -1.85. The molecule has 3 N–H and O–H groups in total. The van der Waals surface area contributed by atoms with E-state index in [-0.39, 0.29) is 61.0 Å². The number of benzene rings is 1. The first-order chi connectivity index (χ1) is 17.4. The Morgan fingerprint density at radius 1 is 0.895 bits per heavy atom. The smallest absolute Gasteiger partial charge is 0.480 e. The SMILES string of the molecule is CC(C)CC(=O)Oc1ccc(CC(N)(C[C@H](C)OC(=O)OCC(C)(C)C)C(=O)O)cc1OC(=O)CC(C)C. The van der Waals surface area contributed by atoms with Crippen LogP contribution in [0.15, 0.2) is 18.2 Å². The number of rotatable bonds is 13. The number of aliphatic carboxylic acids is 1. The highest BCUT2D eigenvalue weighted by Crippen LogP contribution is 2.32. The quantitative estimate of drug-likeness (QED) is 0.263. The van der Waals surface area contributed by atoms with E-state index in [0.717, 1.165) is 0 Å². The van der Waals surface area contributed by atoms with Crippen molar-refractivity contribution in [2.45, 2.75) is 92.7 Å². The Hall–Kier alpha value is -3.14. The van der Waals surface area contributed by atoms with E-state index in [4.69, 9.17) is 24.7 Å². The lowest BCUT2D eigenvalue weighted by molar-refractivity contribution is -0.144. The van der Waals surface area contributed by atoms with E-state index in [1.54, 1.807) is 6.07 Å². The highest BCUT2D eigenvalue weighted by atomic mass is 16.7. The first-order valence-corrected chi connectivity index (χ1v) is 12.8. The molecule has 10 nitrogen and oxygen atoms in total. The summed E-state index contributed by atoms with van der Waals surface area (Å²) in [5.41, 5.74) is 4.61. The van der Waals surface area contributed by atoms with Crippen LogP contribution in [0.2, 0.25) is 0 Å². The second kappa shape index (κ2) is 14.1. The largest absolute Gasteiger partial charge is 0.508 e. The first kappa shape index (κ1) is 32.9. The molecule has 38 heavy (non-hydrogen) atoms. The molecule has 0 amide bonds. The van der Waals surface area contributed by atoms with Gasteiger partial charge in [0.2, 0.25) is 0 Å². The van der Waals surface area contributed by atoms with Gasteiger partial charge in [0, 0.05) is 25.7 Å². The molecule has 0 bridgehead atoms. The van der Waals surface area contributed by atoms with Crippen molar-refractivity contribution >= 4 is 24.1 Å². The van der Waals surface area contributed by atoms with E-state index in [1.165, 1.54) is 19.1 Å². The lowest BCUT2D eigenvalue weighted by atomic mass is 9.86. The summed E-state index contributed by atoms with van der Waals surface area (Å²) >= 11 is 0. The summed E-state index contributed by atoms with van der Waals surface area (Å²) in [6.45, 7) is 14.8. The monoisotopic (exact) mass is 537 g/mol. The number of hydrogen-bond acceptors (Lipinski definition) is 9. The predicted octanol–water partition coefficient (Wildman–Crippen LogP) is 4.89. The fraction of sp³-hybridized carbons (Fsp3) is 0.643. The molecule has 1 aromatic rings. The van der Waals surface area contributed by atoms with Gasteiger partial charge < -0.3 is 29.8 Å². The van der Waals surface area contributed by atoms with Gasteiger partial charge in [0.05, 0.1) is 6.61 Å². The summed E-state index contributed by atoms with van der Waals surface area (Å²) < 4.78 is 21.2. The fourth-order valence-electron chi connectivity index (χ4n) is 3.45. The van der Waals surface area contributed by atoms with Gasteiger partial charge >= 0.3 is 24.1 Å². The van der Waals surface area contributed by atoms with E-state index in [0.29, 0.717) is 5.56 Å². The summed E-state index contributed by atoms with van der Waals surface area (Å²) in [6, 6.07) is 4.42. The van der Waals surface area contributed by atoms with Crippen LogP contribution < -0.4 is 15.2 Å². The van der Waals surface area contributed by atoms with Gasteiger partial charge in [0.25, 0.3) is 0 Å². The molecule has 0 heterocycles.